The van der Waals surface area contributed by atoms with Gasteiger partial charge in [-0.25, -0.2) is 0 Å². The molecule has 0 aromatic heterocycles. The fourth-order valence-corrected chi connectivity index (χ4v) is 3.17. The smallest absolute Gasteiger partial charge is 0.259 e. The topological polar surface area (TPSA) is 61.9 Å². The summed E-state index contributed by atoms with van der Waals surface area (Å²) in [6.45, 7) is 0.774. The van der Waals surface area contributed by atoms with Gasteiger partial charge in [-0.3, -0.25) is 19.4 Å². The first-order valence-electron chi connectivity index (χ1n) is 10.0. The van der Waals surface area contributed by atoms with Gasteiger partial charge in [-0.05, 0) is 62.1 Å². The van der Waals surface area contributed by atoms with Crippen LogP contribution >= 0.6 is 0 Å². The van der Waals surface area contributed by atoms with Crippen LogP contribution in [-0.4, -0.2) is 44.6 Å². The van der Waals surface area contributed by atoms with E-state index in [1.165, 1.54) is 0 Å². The van der Waals surface area contributed by atoms with Crippen LogP contribution < -0.4 is 15.0 Å². The average Bonchev–Trinajstić information content (AvgIpc) is 2.81. The summed E-state index contributed by atoms with van der Waals surface area (Å²) in [4.78, 5) is 29.4. The highest BCUT2D eigenvalue weighted by Gasteiger charge is 2.18. The summed E-state index contributed by atoms with van der Waals surface area (Å²) >= 11 is 0. The number of nitrogens with one attached hydrogen (secondary N) is 1. The Morgan fingerprint density at radius 1 is 0.871 bits per heavy atom. The third-order valence-electron chi connectivity index (χ3n) is 4.70. The Kier molecular flexibility index (Phi) is 7.40. The molecule has 160 valence electrons. The molecule has 3 aromatic carbocycles. The van der Waals surface area contributed by atoms with Gasteiger partial charge in [0.1, 0.15) is 5.75 Å². The van der Waals surface area contributed by atoms with Crippen LogP contribution in [0.4, 0.5) is 5.69 Å². The monoisotopic (exact) mass is 417 g/mol. The molecule has 2 amide bonds. The second-order valence-electron chi connectivity index (χ2n) is 7.40. The van der Waals surface area contributed by atoms with Crippen molar-refractivity contribution >= 4 is 17.5 Å². The van der Waals surface area contributed by atoms with E-state index in [-0.39, 0.29) is 11.8 Å². The van der Waals surface area contributed by atoms with Gasteiger partial charge in [0.25, 0.3) is 11.8 Å². The molecule has 0 fully saturated rings. The second-order valence-corrected chi connectivity index (χ2v) is 7.40. The van der Waals surface area contributed by atoms with Crippen LogP contribution in [0.15, 0.2) is 78.9 Å². The molecule has 0 saturated carbocycles. The summed E-state index contributed by atoms with van der Waals surface area (Å²) in [5.41, 5.74) is 2.77. The number of rotatable bonds is 8. The average molecular weight is 418 g/mol. The zero-order valence-electron chi connectivity index (χ0n) is 18.0. The second kappa shape index (κ2) is 10.4. The van der Waals surface area contributed by atoms with Crippen molar-refractivity contribution in [1.29, 1.82) is 0 Å². The normalized spacial score (nSPS) is 10.6. The van der Waals surface area contributed by atoms with Crippen molar-refractivity contribution in [2.24, 2.45) is 0 Å². The third-order valence-corrected chi connectivity index (χ3v) is 4.70. The lowest BCUT2D eigenvalue weighted by atomic mass is 10.1. The number of hydrogen-bond acceptors (Lipinski definition) is 4. The summed E-state index contributed by atoms with van der Waals surface area (Å²) in [6.07, 6.45) is 0. The lowest BCUT2D eigenvalue weighted by molar-refractivity contribution is 0.0949. The van der Waals surface area contributed by atoms with Crippen molar-refractivity contribution in [2.75, 3.05) is 32.8 Å². The minimum atomic E-state index is -0.200. The molecule has 0 unspecified atom stereocenters. The number of para-hydroxylation sites is 1. The molecular weight excluding hydrogens is 390 g/mol. The molecule has 0 saturated heterocycles. The van der Waals surface area contributed by atoms with E-state index in [0.717, 1.165) is 11.3 Å². The van der Waals surface area contributed by atoms with Crippen LogP contribution in [0.5, 0.6) is 5.75 Å². The van der Waals surface area contributed by atoms with Crippen LogP contribution in [-0.2, 0) is 6.54 Å². The van der Waals surface area contributed by atoms with Crippen molar-refractivity contribution in [3.8, 4) is 5.75 Å². The first-order valence-corrected chi connectivity index (χ1v) is 10.0. The summed E-state index contributed by atoms with van der Waals surface area (Å²) in [6, 6.07) is 23.9. The minimum Gasteiger partial charge on any atom is -0.497 e. The fourth-order valence-electron chi connectivity index (χ4n) is 3.17. The van der Waals surface area contributed by atoms with E-state index in [1.54, 1.807) is 42.3 Å². The molecule has 0 aliphatic heterocycles. The molecule has 0 spiro atoms. The quantitative estimate of drug-likeness (QED) is 0.567. The largest absolute Gasteiger partial charge is 0.497 e. The van der Waals surface area contributed by atoms with E-state index in [0.29, 0.717) is 30.1 Å². The molecule has 1 N–H and O–H groups in total. The summed E-state index contributed by atoms with van der Waals surface area (Å²) in [7, 11) is 5.41. The molecule has 6 heteroatoms. The van der Waals surface area contributed by atoms with E-state index in [9.17, 15) is 9.59 Å². The molecule has 0 heterocycles. The van der Waals surface area contributed by atoms with Crippen LogP contribution in [0.1, 0.15) is 26.3 Å². The van der Waals surface area contributed by atoms with Crippen molar-refractivity contribution < 1.29 is 14.3 Å². The fraction of sp³-hybridized carbons (Fsp3) is 0.200. The molecule has 0 bridgehead atoms. The van der Waals surface area contributed by atoms with Gasteiger partial charge in [-0.2, -0.15) is 0 Å². The Labute approximate surface area is 183 Å². The molecule has 0 aliphatic carbocycles. The summed E-state index contributed by atoms with van der Waals surface area (Å²) in [5.74, 6) is 0.331. The number of anilines is 1. The number of carbonyl (C=O) groups is 2. The number of carbonyl (C=O) groups excluding carboxylic acids is 2. The van der Waals surface area contributed by atoms with Gasteiger partial charge in [0.15, 0.2) is 0 Å². The van der Waals surface area contributed by atoms with Crippen molar-refractivity contribution in [3.05, 3.63) is 95.6 Å². The van der Waals surface area contributed by atoms with E-state index < -0.39 is 0 Å². The van der Waals surface area contributed by atoms with Gasteiger partial charge in [-0.1, -0.05) is 36.4 Å². The highest BCUT2D eigenvalue weighted by Crippen LogP contribution is 2.18. The zero-order valence-corrected chi connectivity index (χ0v) is 18.0. The van der Waals surface area contributed by atoms with Crippen molar-refractivity contribution in [1.82, 2.24) is 10.2 Å². The van der Waals surface area contributed by atoms with Gasteiger partial charge in [0, 0.05) is 23.4 Å². The number of methoxy groups -OCH3 is 1. The molecule has 31 heavy (non-hydrogen) atoms. The predicted octanol–water partition coefficient (Wildman–Crippen LogP) is 3.79. The van der Waals surface area contributed by atoms with Crippen LogP contribution in [0.25, 0.3) is 0 Å². The van der Waals surface area contributed by atoms with Gasteiger partial charge >= 0.3 is 0 Å². The van der Waals surface area contributed by atoms with Crippen molar-refractivity contribution in [2.45, 2.75) is 6.54 Å². The van der Waals surface area contributed by atoms with Gasteiger partial charge in [0.05, 0.1) is 13.8 Å². The number of nitrogens with zero attached hydrogens (tertiary/aromatic N) is 2. The number of amides is 2. The van der Waals surface area contributed by atoms with E-state index >= 15 is 0 Å². The summed E-state index contributed by atoms with van der Waals surface area (Å²) < 4.78 is 5.17. The molecule has 0 atom stereocenters. The minimum absolute atomic E-state index is 0.0964. The van der Waals surface area contributed by atoms with E-state index in [1.807, 2.05) is 67.5 Å². The highest BCUT2D eigenvalue weighted by atomic mass is 16.5. The standard InChI is InChI=1S/C25H27N3O3/c1-27(2)18-28(22-12-5-4-6-13-22)25(30)21-11-7-9-19(15-21)17-26-24(29)20-10-8-14-23(16-20)31-3/h4-16H,17-18H2,1-3H3,(H,26,29). The Morgan fingerprint density at radius 2 is 1.58 bits per heavy atom. The third kappa shape index (κ3) is 5.93. The molecular formula is C25H27N3O3. The molecule has 0 aliphatic rings. The maximum Gasteiger partial charge on any atom is 0.259 e. The van der Waals surface area contributed by atoms with E-state index in [4.69, 9.17) is 4.74 Å². The van der Waals surface area contributed by atoms with Gasteiger partial charge < -0.3 is 10.1 Å². The Bertz CT molecular complexity index is 1030. The highest BCUT2D eigenvalue weighted by molar-refractivity contribution is 6.06. The first-order chi connectivity index (χ1) is 15.0. The van der Waals surface area contributed by atoms with Crippen molar-refractivity contribution in [3.63, 3.8) is 0 Å². The Balaban J connectivity index is 1.73. The van der Waals surface area contributed by atoms with Crippen LogP contribution in [0, 0.1) is 0 Å². The maximum atomic E-state index is 13.3. The van der Waals surface area contributed by atoms with Gasteiger partial charge in [0.2, 0.25) is 0 Å². The van der Waals surface area contributed by atoms with Crippen LogP contribution in [0.3, 0.4) is 0 Å². The lowest BCUT2D eigenvalue weighted by Crippen LogP contribution is -2.38. The number of ether oxygens (including phenoxy) is 1. The van der Waals surface area contributed by atoms with Gasteiger partial charge in [-0.15, -0.1) is 0 Å². The number of benzene rings is 3. The zero-order chi connectivity index (χ0) is 22.2. The SMILES string of the molecule is COc1cccc(C(=O)NCc2cccc(C(=O)N(CN(C)C)c3ccccc3)c2)c1. The lowest BCUT2D eigenvalue weighted by Gasteiger charge is -2.26. The molecule has 0 radical (unpaired) electrons. The maximum absolute atomic E-state index is 13.3. The number of hydrogen-bond donors (Lipinski definition) is 1. The first kappa shape index (κ1) is 22.1. The Morgan fingerprint density at radius 3 is 2.29 bits per heavy atom. The summed E-state index contributed by atoms with van der Waals surface area (Å²) in [5, 5.41) is 2.90. The van der Waals surface area contributed by atoms with E-state index in [2.05, 4.69) is 5.32 Å². The molecule has 6 nitrogen and oxygen atoms in total. The van der Waals surface area contributed by atoms with Crippen LogP contribution in [0.2, 0.25) is 0 Å². The predicted molar refractivity (Wildman–Crippen MR) is 122 cm³/mol. The molecule has 3 aromatic rings. The Hall–Kier alpha value is -3.64. The molecule has 3 rings (SSSR count).